The second-order valence-corrected chi connectivity index (χ2v) is 15.8. The first-order chi connectivity index (χ1) is 42.2. The lowest BCUT2D eigenvalue weighted by Gasteiger charge is -2.35. The Morgan fingerprint density at radius 3 is 0.179 bits per heavy atom. The van der Waals surface area contributed by atoms with Crippen molar-refractivity contribution in [3.8, 4) is 44.5 Å². The molecule has 0 saturated carbocycles. The summed E-state index contributed by atoms with van der Waals surface area (Å²) >= 11 is 0. The maximum atomic E-state index is 13.4. The van der Waals surface area contributed by atoms with Crippen LogP contribution in [0.1, 0.15) is 0 Å². The van der Waals surface area contributed by atoms with Gasteiger partial charge in [0.15, 0.2) is 186 Å². The van der Waals surface area contributed by atoms with Crippen molar-refractivity contribution in [3.63, 3.8) is 0 Å². The Balaban J connectivity index is 0.000000614. The van der Waals surface area contributed by atoms with Crippen LogP contribution in [0, 0.1) is 233 Å². The molecule has 0 bridgehead atoms. The SMILES string of the molecule is Fc1c(F)c(F)c(-c2c(F)c(F)c(F)c(F)c2F)c(F)c1F.Fc1c(F)c(F)c(-c2c(F)c(F)c(F)c(F)c2F)c(F)c1F.Fc1c(F)c(F)c(-c2c(F)c(F)c(F)c(F)c2F)c(F)c1F.Fc1c(F)c(F)c(-c2c(F)c(F)c(F)c(F)c2F)c(F)c1F.[O-]B([O-])[O-].[SiH3+].[SiH3+].[SiH3+]. The summed E-state index contributed by atoms with van der Waals surface area (Å²) in [5.74, 6) is -107. The molecule has 0 radical (unpaired) electrons. The Bertz CT molecular complexity index is 3320. The zero-order valence-electron chi connectivity index (χ0n) is 43.9. The third kappa shape index (κ3) is 15.0. The van der Waals surface area contributed by atoms with Crippen LogP contribution in [-0.2, 0) is 0 Å². The predicted octanol–water partition coefficient (Wildman–Crippen LogP) is 11.5. The van der Waals surface area contributed by atoms with Gasteiger partial charge >= 0.3 is 0 Å². The van der Waals surface area contributed by atoms with Crippen LogP contribution in [-0.4, -0.2) is 40.2 Å². The van der Waals surface area contributed by atoms with Gasteiger partial charge in [-0.25, -0.2) is 176 Å². The fourth-order valence-corrected chi connectivity index (χ4v) is 6.60. The lowest BCUT2D eigenvalue weighted by atomic mass is 10.0. The third-order valence-corrected chi connectivity index (χ3v) is 10.7. The second-order valence-electron chi connectivity index (χ2n) is 15.8. The Labute approximate surface area is 507 Å². The van der Waals surface area contributed by atoms with Gasteiger partial charge in [0.2, 0.25) is 46.5 Å². The van der Waals surface area contributed by atoms with Crippen molar-refractivity contribution in [2.75, 3.05) is 0 Å². The fraction of sp³-hybridized carbons (Fsp3) is 0. The van der Waals surface area contributed by atoms with E-state index in [4.69, 9.17) is 15.1 Å². The van der Waals surface area contributed by atoms with Gasteiger partial charge in [-0.15, -0.1) is 0 Å². The summed E-state index contributed by atoms with van der Waals surface area (Å²) in [6, 6.07) is 0. The van der Waals surface area contributed by atoms with E-state index in [2.05, 4.69) is 0 Å². The molecule has 0 atom stereocenters. The minimum atomic E-state index is -2.92. The number of rotatable bonds is 4. The minimum absolute atomic E-state index is 0. The number of hydrogen-bond donors (Lipinski definition) is 0. The summed E-state index contributed by atoms with van der Waals surface area (Å²) in [5, 5.41) is 25.2. The quantitative estimate of drug-likeness (QED) is 0.0763. The van der Waals surface area contributed by atoms with E-state index in [1.807, 2.05) is 0 Å². The van der Waals surface area contributed by atoms with E-state index in [-0.39, 0.29) is 32.9 Å². The first-order valence-electron chi connectivity index (χ1n) is 21.3. The molecule has 0 fully saturated rings. The van der Waals surface area contributed by atoms with E-state index in [9.17, 15) is 176 Å². The third-order valence-electron chi connectivity index (χ3n) is 10.7. The summed E-state index contributed by atoms with van der Waals surface area (Å²) in [6.45, 7) is 0. The minimum Gasteiger partial charge on any atom is -0.907 e. The molecule has 0 aliphatic heterocycles. The van der Waals surface area contributed by atoms with E-state index < -0.39 is 285 Å². The summed E-state index contributed by atoms with van der Waals surface area (Å²) < 4.78 is 525. The Morgan fingerprint density at radius 1 is 0.105 bits per heavy atom. The second kappa shape index (κ2) is 31.9. The van der Waals surface area contributed by atoms with Crippen molar-refractivity contribution < 1.29 is 191 Å². The zero-order chi connectivity index (χ0) is 71.3. The lowest BCUT2D eigenvalue weighted by molar-refractivity contribution is -0.479. The smallest absolute Gasteiger partial charge is 0.267 e. The summed E-state index contributed by atoms with van der Waals surface area (Å²) in [5.41, 5.74) is -18.1. The lowest BCUT2D eigenvalue weighted by Crippen LogP contribution is -2.56. The van der Waals surface area contributed by atoms with Crippen molar-refractivity contribution >= 4 is 40.2 Å². The van der Waals surface area contributed by atoms with Gasteiger partial charge in [0.05, 0.1) is 44.5 Å². The maximum absolute atomic E-state index is 13.4. The molecule has 3 nitrogen and oxygen atoms in total. The van der Waals surface area contributed by atoms with Crippen LogP contribution in [0.15, 0.2) is 0 Å². The van der Waals surface area contributed by atoms with Gasteiger partial charge < -0.3 is 15.1 Å². The number of benzene rings is 8. The van der Waals surface area contributed by atoms with Crippen molar-refractivity contribution in [1.82, 2.24) is 0 Å². The molecule has 0 aliphatic carbocycles. The topological polar surface area (TPSA) is 69.2 Å². The van der Waals surface area contributed by atoms with Crippen LogP contribution in [0.5, 0.6) is 0 Å². The van der Waals surface area contributed by atoms with Crippen molar-refractivity contribution in [2.24, 2.45) is 0 Å². The van der Waals surface area contributed by atoms with Crippen molar-refractivity contribution in [3.05, 3.63) is 233 Å². The van der Waals surface area contributed by atoms with E-state index in [0.29, 0.717) is 0 Å². The van der Waals surface area contributed by atoms with Crippen LogP contribution < -0.4 is 15.1 Å². The largest absolute Gasteiger partial charge is 0.907 e. The highest BCUT2D eigenvalue weighted by molar-refractivity contribution is 6.24. The number of halogens is 40. The molecule has 0 heterocycles. The Morgan fingerprint density at radius 2 is 0.137 bits per heavy atom. The first-order valence-corrected chi connectivity index (χ1v) is 21.3. The summed E-state index contributed by atoms with van der Waals surface area (Å²) in [7, 11) is -2.92. The zero-order valence-corrected chi connectivity index (χ0v) is 49.9. The molecule has 8 aromatic rings. The van der Waals surface area contributed by atoms with Crippen molar-refractivity contribution in [1.29, 1.82) is 0 Å². The summed E-state index contributed by atoms with van der Waals surface area (Å²) in [4.78, 5) is 0. The van der Waals surface area contributed by atoms with Crippen molar-refractivity contribution in [2.45, 2.75) is 0 Å². The average Bonchev–Trinajstić information content (AvgIpc) is 0.775. The molecule has 0 aromatic heterocycles. The van der Waals surface area contributed by atoms with E-state index in [0.717, 1.165) is 0 Å². The molecular formula is C48H9BF40O3Si3. The Kier molecular flexibility index (Phi) is 28.4. The standard InChI is InChI=1S/4C12F10.BO3.3H3Si/c4*13-3-1(4(14)8(18)11(21)7(3)17)2-5(15)9(19)12(22)10(20)6(2)16;2-1(3)4;;;/h;;;;;3*1H3/q;;;;-3;3*+1. The monoisotopic (exact) mass is 1490 g/mol. The molecule has 8 aromatic carbocycles. The normalized spacial score (nSPS) is 10.6. The van der Waals surface area contributed by atoms with Gasteiger partial charge in [0, 0.05) is 0 Å². The Hall–Kier alpha value is -8.44. The molecule has 95 heavy (non-hydrogen) atoms. The van der Waals surface area contributed by atoms with Gasteiger partial charge in [0.1, 0.15) is 0 Å². The van der Waals surface area contributed by atoms with Gasteiger partial charge in [-0.1, -0.05) is 0 Å². The van der Waals surface area contributed by atoms with Gasteiger partial charge in [-0.05, 0) is 0 Å². The predicted molar refractivity (Wildman–Crippen MR) is 241 cm³/mol. The molecule has 0 amide bonds. The molecule has 8 rings (SSSR count). The highest BCUT2D eigenvalue weighted by Crippen LogP contribution is 2.42. The maximum Gasteiger partial charge on any atom is 0.267 e. The molecule has 0 spiro atoms. The molecule has 47 heteroatoms. The molecule has 0 N–H and O–H groups in total. The summed E-state index contributed by atoms with van der Waals surface area (Å²) in [6.07, 6.45) is 0. The molecule has 0 aliphatic rings. The highest BCUT2D eigenvalue weighted by atomic mass is 28.1. The molecule has 0 unspecified atom stereocenters. The van der Waals surface area contributed by atoms with Gasteiger partial charge in [-0.2, -0.15) is 0 Å². The highest BCUT2D eigenvalue weighted by Gasteiger charge is 2.39. The van der Waals surface area contributed by atoms with Crippen LogP contribution in [0.2, 0.25) is 0 Å². The van der Waals surface area contributed by atoms with Crippen LogP contribution >= 0.6 is 0 Å². The van der Waals surface area contributed by atoms with E-state index in [1.54, 1.807) is 0 Å². The number of hydrogen-bond acceptors (Lipinski definition) is 3. The van der Waals surface area contributed by atoms with E-state index in [1.165, 1.54) is 0 Å². The fourth-order valence-electron chi connectivity index (χ4n) is 6.60. The first kappa shape index (κ1) is 84.6. The van der Waals surface area contributed by atoms with Crippen LogP contribution in [0.3, 0.4) is 0 Å². The van der Waals surface area contributed by atoms with Gasteiger partial charge in [0.25, 0.3) is 32.9 Å². The molecule has 0 saturated heterocycles. The van der Waals surface area contributed by atoms with Crippen LogP contribution in [0.25, 0.3) is 44.5 Å². The average molecular weight is 1490 g/mol. The van der Waals surface area contributed by atoms with Gasteiger partial charge in [-0.3, -0.25) is 7.32 Å². The van der Waals surface area contributed by atoms with E-state index >= 15 is 0 Å². The molecule has 514 valence electrons. The molecular weight excluding hydrogens is 1480 g/mol. The van der Waals surface area contributed by atoms with Crippen LogP contribution in [0.4, 0.5) is 176 Å².